The molecule has 0 bridgehead atoms. The van der Waals surface area contributed by atoms with Gasteiger partial charge in [-0.1, -0.05) is 55.2 Å². The summed E-state index contributed by atoms with van der Waals surface area (Å²) in [5.74, 6) is -2.18. The number of carboxylic acid groups (broad SMARTS) is 1. The third-order valence-electron chi connectivity index (χ3n) is 7.28. The van der Waals surface area contributed by atoms with Gasteiger partial charge in [0.25, 0.3) is 5.91 Å². The Morgan fingerprint density at radius 1 is 0.854 bits per heavy atom. The monoisotopic (exact) mass is 555 g/mol. The van der Waals surface area contributed by atoms with Gasteiger partial charge in [-0.2, -0.15) is 0 Å². The number of aliphatic carboxylic acids is 1. The number of hydrogen-bond acceptors (Lipinski definition) is 4. The van der Waals surface area contributed by atoms with Gasteiger partial charge >= 0.3 is 30.9 Å². The number of urea groups is 1. The first-order valence-corrected chi connectivity index (χ1v) is 13.2. The second kappa shape index (κ2) is 14.8. The summed E-state index contributed by atoms with van der Waals surface area (Å²) in [6.45, 7) is 5.79. The van der Waals surface area contributed by atoms with Gasteiger partial charge in [-0.25, -0.2) is 14.0 Å². The van der Waals surface area contributed by atoms with Crippen LogP contribution >= 0.6 is 0 Å². The van der Waals surface area contributed by atoms with E-state index in [-0.39, 0.29) is 47.3 Å². The van der Waals surface area contributed by atoms with Crippen LogP contribution in [0.5, 0.6) is 0 Å². The van der Waals surface area contributed by atoms with E-state index in [1.54, 1.807) is 30.3 Å². The van der Waals surface area contributed by atoms with Crippen LogP contribution in [0, 0.1) is 32.5 Å². The third kappa shape index (κ3) is 8.43. The predicted octanol–water partition coefficient (Wildman–Crippen LogP) is 3.65. The molecule has 0 aliphatic heterocycles. The standard InChI is InChI=1S/C31H34FN3O4.Li.H2O/c1-18-15-19(2)27(20(3)16-18)35-31(39)33-26-17-23(21-9-12-24(32)13-10-21)11-14-25(26)29(36)34-28(30(37)38)22-7-5-4-6-8-22;;/h9-17,22,28H,4-8H2,1-3H3,(H,34,36)(H,37,38)(H2,33,35,39);;1H2/q;+1;/p-1/t28-;;/m0../s1. The molecule has 3 aromatic rings. The molecule has 1 saturated carbocycles. The molecular weight excluding hydrogens is 520 g/mol. The van der Waals surface area contributed by atoms with Gasteiger partial charge < -0.3 is 26.5 Å². The molecule has 0 spiro atoms. The first-order chi connectivity index (χ1) is 18.6. The fourth-order valence-electron chi connectivity index (χ4n) is 5.38. The SMILES string of the molecule is Cc1cc(C)c(NC(=O)Nc2cc(-c3ccc(F)cc3)ccc2C(=O)N[C@H](C(=O)O)C2CCCCC2)c(C)c1.[Li+].[OH-]. The van der Waals surface area contributed by atoms with Crippen LogP contribution < -0.4 is 34.8 Å². The Kier molecular flexibility index (Phi) is 12.1. The Labute approximate surface area is 251 Å². The Morgan fingerprint density at radius 3 is 2.02 bits per heavy atom. The van der Waals surface area contributed by atoms with Crippen LogP contribution in [0.4, 0.5) is 20.6 Å². The third-order valence-corrected chi connectivity index (χ3v) is 7.28. The van der Waals surface area contributed by atoms with Crippen molar-refractivity contribution in [2.75, 3.05) is 10.6 Å². The predicted molar refractivity (Wildman–Crippen MR) is 153 cm³/mol. The molecule has 8 nitrogen and oxygen atoms in total. The van der Waals surface area contributed by atoms with Crippen molar-refractivity contribution in [3.8, 4) is 11.1 Å². The molecule has 5 N–H and O–H groups in total. The number of aryl methyl sites for hydroxylation is 3. The second-order valence-electron chi connectivity index (χ2n) is 10.3. The van der Waals surface area contributed by atoms with E-state index in [0.29, 0.717) is 16.8 Å². The van der Waals surface area contributed by atoms with Gasteiger partial charge in [0.1, 0.15) is 11.9 Å². The minimum absolute atomic E-state index is 0. The number of halogens is 1. The molecule has 1 aliphatic rings. The number of benzene rings is 3. The van der Waals surface area contributed by atoms with E-state index >= 15 is 0 Å². The van der Waals surface area contributed by atoms with E-state index in [2.05, 4.69) is 16.0 Å². The molecule has 0 aromatic heterocycles. The zero-order valence-electron chi connectivity index (χ0n) is 23.9. The van der Waals surface area contributed by atoms with Crippen molar-refractivity contribution in [2.24, 2.45) is 5.92 Å². The quantitative estimate of drug-likeness (QED) is 0.330. The number of anilines is 2. The smallest absolute Gasteiger partial charge is 0.870 e. The number of amides is 3. The summed E-state index contributed by atoms with van der Waals surface area (Å²) < 4.78 is 13.5. The molecule has 41 heavy (non-hydrogen) atoms. The van der Waals surface area contributed by atoms with Gasteiger partial charge in [-0.05, 0) is 86.1 Å². The summed E-state index contributed by atoms with van der Waals surface area (Å²) in [6, 6.07) is 13.1. The van der Waals surface area contributed by atoms with E-state index in [1.807, 2.05) is 32.9 Å². The van der Waals surface area contributed by atoms with Crippen molar-refractivity contribution in [2.45, 2.75) is 58.9 Å². The van der Waals surface area contributed by atoms with Crippen molar-refractivity contribution >= 4 is 29.3 Å². The number of nitrogens with one attached hydrogen (secondary N) is 3. The van der Waals surface area contributed by atoms with Crippen molar-refractivity contribution < 1.29 is 48.2 Å². The average Bonchev–Trinajstić information content (AvgIpc) is 2.90. The summed E-state index contributed by atoms with van der Waals surface area (Å²) in [6.07, 6.45) is 4.40. The zero-order chi connectivity index (χ0) is 28.1. The van der Waals surface area contributed by atoms with Crippen molar-refractivity contribution in [1.82, 2.24) is 5.32 Å². The molecular formula is C31H35FLiN3O5. The Hall–Kier alpha value is -3.64. The molecule has 1 fully saturated rings. The van der Waals surface area contributed by atoms with E-state index in [1.165, 1.54) is 12.1 Å². The number of carbonyl (C=O) groups is 3. The topological polar surface area (TPSA) is 138 Å². The Bertz CT molecular complexity index is 1370. The maximum atomic E-state index is 13.5. The van der Waals surface area contributed by atoms with Crippen LogP contribution in [0.3, 0.4) is 0 Å². The summed E-state index contributed by atoms with van der Waals surface area (Å²) in [7, 11) is 0. The van der Waals surface area contributed by atoms with Gasteiger partial charge in [0.15, 0.2) is 0 Å². The molecule has 10 heteroatoms. The molecule has 4 rings (SSSR count). The normalized spacial score (nSPS) is 13.7. The second-order valence-corrected chi connectivity index (χ2v) is 10.3. The first-order valence-electron chi connectivity index (χ1n) is 13.2. The summed E-state index contributed by atoms with van der Waals surface area (Å²) in [5.41, 5.74) is 5.25. The van der Waals surface area contributed by atoms with E-state index in [9.17, 15) is 23.9 Å². The largest absolute Gasteiger partial charge is 1.00 e. The minimum Gasteiger partial charge on any atom is -0.870 e. The van der Waals surface area contributed by atoms with E-state index < -0.39 is 23.9 Å². The van der Waals surface area contributed by atoms with Crippen LogP contribution in [0.15, 0.2) is 54.6 Å². The van der Waals surface area contributed by atoms with E-state index in [0.717, 1.165) is 48.8 Å². The van der Waals surface area contributed by atoms with Crippen molar-refractivity contribution in [3.05, 3.63) is 82.7 Å². The summed E-state index contributed by atoms with van der Waals surface area (Å²) >= 11 is 0. The molecule has 1 aliphatic carbocycles. The Balaban J connectivity index is 0.00000294. The number of hydrogen-bond donors (Lipinski definition) is 4. The molecule has 212 valence electrons. The van der Waals surface area contributed by atoms with E-state index in [4.69, 9.17) is 0 Å². The molecule has 0 radical (unpaired) electrons. The van der Waals surface area contributed by atoms with Gasteiger partial charge in [0, 0.05) is 5.69 Å². The summed E-state index contributed by atoms with van der Waals surface area (Å²) in [5, 5.41) is 18.2. The van der Waals surface area contributed by atoms with Crippen molar-refractivity contribution in [1.29, 1.82) is 0 Å². The first kappa shape index (κ1) is 33.6. The van der Waals surface area contributed by atoms with Crippen LogP contribution in [-0.4, -0.2) is 34.5 Å². The fourth-order valence-corrected chi connectivity index (χ4v) is 5.38. The molecule has 0 unspecified atom stereocenters. The van der Waals surface area contributed by atoms with Crippen molar-refractivity contribution in [3.63, 3.8) is 0 Å². The molecule has 1 atom stereocenters. The average molecular weight is 556 g/mol. The number of carboxylic acids is 1. The van der Waals surface area contributed by atoms with Gasteiger partial charge in [-0.15, -0.1) is 0 Å². The summed E-state index contributed by atoms with van der Waals surface area (Å²) in [4.78, 5) is 38.6. The van der Waals surface area contributed by atoms with Crippen LogP contribution in [0.1, 0.15) is 59.2 Å². The minimum atomic E-state index is -1.07. The fraction of sp³-hybridized carbons (Fsp3) is 0.323. The molecule has 3 aromatic carbocycles. The van der Waals surface area contributed by atoms with Gasteiger partial charge in [0.05, 0.1) is 11.3 Å². The maximum Gasteiger partial charge on any atom is 1.00 e. The van der Waals surface area contributed by atoms with Crippen LogP contribution in [0.25, 0.3) is 11.1 Å². The number of rotatable bonds is 7. The van der Waals surface area contributed by atoms with Gasteiger partial charge in [-0.3, -0.25) is 4.79 Å². The zero-order valence-corrected chi connectivity index (χ0v) is 23.9. The van der Waals surface area contributed by atoms with Crippen LogP contribution in [-0.2, 0) is 4.79 Å². The molecule has 0 heterocycles. The van der Waals surface area contributed by atoms with Gasteiger partial charge in [0.2, 0.25) is 0 Å². The molecule has 3 amide bonds. The number of carbonyl (C=O) groups excluding carboxylic acids is 2. The van der Waals surface area contributed by atoms with Crippen LogP contribution in [0.2, 0.25) is 0 Å². The maximum absolute atomic E-state index is 13.5. The molecule has 0 saturated heterocycles. The Morgan fingerprint density at radius 2 is 1.44 bits per heavy atom.